The number of aromatic nitrogens is 1. The molecule has 1 aromatic carbocycles. The van der Waals surface area contributed by atoms with Crippen LogP contribution in [0.1, 0.15) is 21.9 Å². The van der Waals surface area contributed by atoms with Gasteiger partial charge in [0.25, 0.3) is 0 Å². The molecule has 0 saturated heterocycles. The van der Waals surface area contributed by atoms with Gasteiger partial charge in [-0.05, 0) is 31.2 Å². The number of aryl methyl sites for hydroxylation is 1. The number of rotatable bonds is 3. The average Bonchev–Trinajstić information content (AvgIpc) is 3.01. The molecule has 3 rings (SSSR count). The Balaban J connectivity index is 1.75. The maximum absolute atomic E-state index is 11.9. The topological polar surface area (TPSA) is 85.4 Å². The monoisotopic (exact) mass is 273 g/mol. The minimum Gasteiger partial charge on any atom is -0.454 e. The summed E-state index contributed by atoms with van der Waals surface area (Å²) in [7, 11) is 0. The molecular formula is C14H11NO5. The van der Waals surface area contributed by atoms with E-state index in [1.807, 2.05) is 6.07 Å². The first-order valence-corrected chi connectivity index (χ1v) is 5.97. The van der Waals surface area contributed by atoms with E-state index in [4.69, 9.17) is 9.15 Å². The van der Waals surface area contributed by atoms with Crippen molar-refractivity contribution in [1.82, 2.24) is 4.98 Å². The van der Waals surface area contributed by atoms with Gasteiger partial charge in [-0.25, -0.2) is 9.59 Å². The fourth-order valence-electron chi connectivity index (χ4n) is 1.90. The minimum atomic E-state index is -0.803. The van der Waals surface area contributed by atoms with Crippen molar-refractivity contribution in [2.75, 3.05) is 0 Å². The molecule has 0 amide bonds. The Labute approximate surface area is 113 Å². The highest BCUT2D eigenvalue weighted by Crippen LogP contribution is 2.16. The van der Waals surface area contributed by atoms with E-state index in [9.17, 15) is 9.59 Å². The molecule has 0 aliphatic heterocycles. The van der Waals surface area contributed by atoms with E-state index in [2.05, 4.69) is 9.40 Å². The Bertz CT molecular complexity index is 823. The molecular weight excluding hydrogens is 262 g/mol. The third-order valence-electron chi connectivity index (χ3n) is 2.96. The summed E-state index contributed by atoms with van der Waals surface area (Å²) < 4.78 is 14.5. The highest BCUT2D eigenvalue weighted by Gasteiger charge is 2.13. The van der Waals surface area contributed by atoms with Crippen molar-refractivity contribution >= 4 is 16.9 Å². The van der Waals surface area contributed by atoms with Crippen LogP contribution in [-0.4, -0.2) is 11.0 Å². The lowest BCUT2D eigenvalue weighted by Crippen LogP contribution is -2.05. The fourth-order valence-corrected chi connectivity index (χ4v) is 1.90. The van der Waals surface area contributed by atoms with Gasteiger partial charge in [-0.1, -0.05) is 0 Å². The molecule has 0 spiro atoms. The van der Waals surface area contributed by atoms with E-state index in [1.54, 1.807) is 31.3 Å². The number of esters is 1. The largest absolute Gasteiger partial charge is 0.519 e. The first kappa shape index (κ1) is 12.3. The number of hydrogen-bond acceptors (Lipinski definition) is 5. The Hall–Kier alpha value is -2.76. The SMILES string of the molecule is Cc1oc(=O)oc1COC(=O)c1ccc2[nH]ccc2c1. The lowest BCUT2D eigenvalue weighted by Gasteiger charge is -2.03. The van der Waals surface area contributed by atoms with Crippen LogP contribution in [-0.2, 0) is 11.3 Å². The molecule has 0 radical (unpaired) electrons. The van der Waals surface area contributed by atoms with Crippen LogP contribution < -0.4 is 5.82 Å². The maximum Gasteiger partial charge on any atom is 0.519 e. The van der Waals surface area contributed by atoms with E-state index in [1.165, 1.54) is 0 Å². The molecule has 6 nitrogen and oxygen atoms in total. The van der Waals surface area contributed by atoms with E-state index < -0.39 is 11.8 Å². The number of carbonyl (C=O) groups is 1. The molecule has 2 aromatic heterocycles. The van der Waals surface area contributed by atoms with E-state index >= 15 is 0 Å². The molecule has 20 heavy (non-hydrogen) atoms. The van der Waals surface area contributed by atoms with Gasteiger partial charge in [0.15, 0.2) is 18.1 Å². The summed E-state index contributed by atoms with van der Waals surface area (Å²) in [6.45, 7) is 1.43. The standard InChI is InChI=1S/C14H11NO5/c1-8-12(20-14(17)19-8)7-18-13(16)10-2-3-11-9(6-10)4-5-15-11/h2-6,15H,7H2,1H3. The molecule has 1 N–H and O–H groups in total. The van der Waals surface area contributed by atoms with E-state index in [0.29, 0.717) is 11.3 Å². The van der Waals surface area contributed by atoms with Crippen molar-refractivity contribution in [3.8, 4) is 0 Å². The molecule has 2 heterocycles. The van der Waals surface area contributed by atoms with Gasteiger partial charge in [0.1, 0.15) is 0 Å². The van der Waals surface area contributed by atoms with Gasteiger partial charge in [-0.15, -0.1) is 0 Å². The molecule has 3 aromatic rings. The summed E-state index contributed by atoms with van der Waals surface area (Å²) in [5.74, 6) is -0.770. The number of nitrogens with one attached hydrogen (secondary N) is 1. The van der Waals surface area contributed by atoms with Gasteiger partial charge in [0.05, 0.1) is 5.56 Å². The predicted molar refractivity (Wildman–Crippen MR) is 69.4 cm³/mol. The summed E-state index contributed by atoms with van der Waals surface area (Å²) >= 11 is 0. The second kappa shape index (κ2) is 4.73. The van der Waals surface area contributed by atoms with Gasteiger partial charge in [0, 0.05) is 17.1 Å². The summed E-state index contributed by atoms with van der Waals surface area (Å²) in [6, 6.07) is 7.06. The highest BCUT2D eigenvalue weighted by atomic mass is 16.6. The number of fused-ring (bicyclic) bond motifs is 1. The van der Waals surface area contributed by atoms with Crippen LogP contribution >= 0.6 is 0 Å². The number of hydrogen-bond donors (Lipinski definition) is 1. The Kier molecular flexibility index (Phi) is 2.90. The number of carbonyl (C=O) groups excluding carboxylic acids is 1. The summed E-state index contributed by atoms with van der Waals surface area (Å²) in [6.07, 6.45) is 1.79. The van der Waals surface area contributed by atoms with Gasteiger partial charge < -0.3 is 18.6 Å². The van der Waals surface area contributed by atoms with Gasteiger partial charge in [0.2, 0.25) is 0 Å². The number of benzene rings is 1. The van der Waals surface area contributed by atoms with Crippen LogP contribution in [0.25, 0.3) is 10.9 Å². The molecule has 0 saturated carbocycles. The van der Waals surface area contributed by atoms with Crippen molar-refractivity contribution in [2.24, 2.45) is 0 Å². The van der Waals surface area contributed by atoms with Crippen LogP contribution in [0.5, 0.6) is 0 Å². The molecule has 6 heteroatoms. The van der Waals surface area contributed by atoms with Crippen LogP contribution in [0.4, 0.5) is 0 Å². The third-order valence-corrected chi connectivity index (χ3v) is 2.96. The zero-order valence-electron chi connectivity index (χ0n) is 10.6. The Morgan fingerprint density at radius 1 is 1.30 bits per heavy atom. The molecule has 0 fully saturated rings. The number of H-pyrrole nitrogens is 1. The van der Waals surface area contributed by atoms with Crippen molar-refractivity contribution in [1.29, 1.82) is 0 Å². The zero-order chi connectivity index (χ0) is 14.1. The van der Waals surface area contributed by atoms with Crippen LogP contribution in [0.15, 0.2) is 44.1 Å². The fraction of sp³-hybridized carbons (Fsp3) is 0.143. The molecule has 0 bridgehead atoms. The van der Waals surface area contributed by atoms with Crippen molar-refractivity contribution in [2.45, 2.75) is 13.5 Å². The summed E-state index contributed by atoms with van der Waals surface area (Å²) in [5.41, 5.74) is 1.37. The second-order valence-corrected chi connectivity index (χ2v) is 4.29. The van der Waals surface area contributed by atoms with Crippen LogP contribution in [0, 0.1) is 6.92 Å². The second-order valence-electron chi connectivity index (χ2n) is 4.29. The van der Waals surface area contributed by atoms with Gasteiger partial charge in [-0.2, -0.15) is 0 Å². The van der Waals surface area contributed by atoms with E-state index in [-0.39, 0.29) is 12.4 Å². The highest BCUT2D eigenvalue weighted by molar-refractivity contribution is 5.94. The quantitative estimate of drug-likeness (QED) is 0.740. The lowest BCUT2D eigenvalue weighted by atomic mass is 10.1. The molecule has 0 unspecified atom stereocenters. The first-order chi connectivity index (χ1) is 9.63. The Morgan fingerprint density at radius 2 is 2.15 bits per heavy atom. The number of ether oxygens (including phenoxy) is 1. The zero-order valence-corrected chi connectivity index (χ0v) is 10.6. The maximum atomic E-state index is 11.9. The van der Waals surface area contributed by atoms with Crippen LogP contribution in [0.2, 0.25) is 0 Å². The number of aromatic amines is 1. The minimum absolute atomic E-state index is 0.137. The normalized spacial score (nSPS) is 10.8. The predicted octanol–water partition coefficient (Wildman–Crippen LogP) is 2.38. The molecule has 102 valence electrons. The third kappa shape index (κ3) is 2.23. The van der Waals surface area contributed by atoms with Gasteiger partial charge in [-0.3, -0.25) is 0 Å². The van der Waals surface area contributed by atoms with E-state index in [0.717, 1.165) is 10.9 Å². The lowest BCUT2D eigenvalue weighted by molar-refractivity contribution is 0.0443. The van der Waals surface area contributed by atoms with Crippen molar-refractivity contribution in [3.05, 3.63) is 58.2 Å². The molecule has 0 aliphatic carbocycles. The smallest absolute Gasteiger partial charge is 0.454 e. The average molecular weight is 273 g/mol. The van der Waals surface area contributed by atoms with Crippen molar-refractivity contribution < 1.29 is 18.4 Å². The first-order valence-electron chi connectivity index (χ1n) is 5.97. The summed E-state index contributed by atoms with van der Waals surface area (Å²) in [4.78, 5) is 25.8. The molecule has 0 atom stereocenters. The summed E-state index contributed by atoms with van der Waals surface area (Å²) in [5, 5.41) is 0.922. The van der Waals surface area contributed by atoms with Crippen molar-refractivity contribution in [3.63, 3.8) is 0 Å². The van der Waals surface area contributed by atoms with Gasteiger partial charge >= 0.3 is 11.8 Å². The molecule has 0 aliphatic rings. The van der Waals surface area contributed by atoms with Crippen LogP contribution in [0.3, 0.4) is 0 Å². The Morgan fingerprint density at radius 3 is 2.90 bits per heavy atom.